The highest BCUT2D eigenvalue weighted by atomic mass is 79.9. The summed E-state index contributed by atoms with van der Waals surface area (Å²) >= 11 is 6.46. The Labute approximate surface area is 131 Å². The molecule has 0 unspecified atom stereocenters. The van der Waals surface area contributed by atoms with E-state index >= 15 is 0 Å². The largest absolute Gasteiger partial charge is 0.351 e. The summed E-state index contributed by atoms with van der Waals surface area (Å²) < 4.78 is 1.06. The first-order valence-electron chi connectivity index (χ1n) is 5.70. The van der Waals surface area contributed by atoms with E-state index < -0.39 is 0 Å². The molecule has 7 heteroatoms. The molecule has 0 aliphatic rings. The van der Waals surface area contributed by atoms with Gasteiger partial charge in [0.2, 0.25) is 0 Å². The molecule has 2 heterocycles. The lowest BCUT2D eigenvalue weighted by molar-refractivity contribution is 0.102. The molecular weight excluding hydrogens is 388 g/mol. The molecule has 0 fully saturated rings. The second-order valence-electron chi connectivity index (χ2n) is 4.06. The third-order valence-electron chi connectivity index (χ3n) is 2.71. The Hall–Kier alpha value is -1.73. The number of aromatic nitrogens is 3. The lowest BCUT2D eigenvalue weighted by Crippen LogP contribution is -2.14. The molecule has 0 atom stereocenters. The van der Waals surface area contributed by atoms with Crippen LogP contribution in [-0.4, -0.2) is 20.9 Å². The number of anilines is 1. The quantitative estimate of drug-likeness (QED) is 0.694. The maximum Gasteiger partial charge on any atom is 0.273 e. The predicted octanol–water partition coefficient (Wildman–Crippen LogP) is 3.74. The van der Waals surface area contributed by atoms with Crippen molar-refractivity contribution in [3.05, 3.63) is 51.4 Å². The van der Waals surface area contributed by atoms with Crippen LogP contribution in [0.3, 0.4) is 0 Å². The third-order valence-corrected chi connectivity index (χ3v) is 3.64. The van der Waals surface area contributed by atoms with Gasteiger partial charge >= 0.3 is 0 Å². The van der Waals surface area contributed by atoms with Crippen molar-refractivity contribution in [1.82, 2.24) is 15.0 Å². The van der Waals surface area contributed by atoms with Crippen LogP contribution in [0.1, 0.15) is 10.5 Å². The number of fused-ring (bicyclic) bond motifs is 1. The molecule has 3 rings (SSSR count). The van der Waals surface area contributed by atoms with Gasteiger partial charge in [-0.2, -0.15) is 0 Å². The van der Waals surface area contributed by atoms with Gasteiger partial charge in [-0.3, -0.25) is 4.79 Å². The van der Waals surface area contributed by atoms with Crippen LogP contribution in [0.4, 0.5) is 5.82 Å². The number of carbonyl (C=O) groups is 1. The first-order valence-corrected chi connectivity index (χ1v) is 7.29. The van der Waals surface area contributed by atoms with Crippen LogP contribution in [0, 0.1) is 0 Å². The Kier molecular flexibility index (Phi) is 3.54. The van der Waals surface area contributed by atoms with Crippen LogP contribution >= 0.6 is 31.9 Å². The van der Waals surface area contributed by atoms with Crippen LogP contribution in [0.15, 0.2) is 45.7 Å². The van der Waals surface area contributed by atoms with E-state index in [2.05, 4.69) is 52.1 Å². The van der Waals surface area contributed by atoms with E-state index in [1.807, 2.05) is 24.3 Å². The van der Waals surface area contributed by atoms with Gasteiger partial charge in [-0.05, 0) is 44.0 Å². The topological polar surface area (TPSA) is 70.7 Å². The maximum absolute atomic E-state index is 12.2. The minimum absolute atomic E-state index is 0.265. The van der Waals surface area contributed by atoms with Gasteiger partial charge in [0.25, 0.3) is 5.91 Å². The third kappa shape index (κ3) is 2.59. The van der Waals surface area contributed by atoms with Gasteiger partial charge in [-0.15, -0.1) is 0 Å². The van der Waals surface area contributed by atoms with E-state index in [1.54, 1.807) is 6.07 Å². The van der Waals surface area contributed by atoms with Crippen molar-refractivity contribution in [2.75, 3.05) is 5.32 Å². The summed E-state index contributed by atoms with van der Waals surface area (Å²) in [5, 5.41) is 3.69. The summed E-state index contributed by atoms with van der Waals surface area (Å²) in [6, 6.07) is 9.50. The first kappa shape index (κ1) is 13.3. The minimum atomic E-state index is -0.265. The monoisotopic (exact) mass is 394 g/mol. The number of carbonyl (C=O) groups excluding carboxylic acids is 1. The Morgan fingerprint density at radius 1 is 1.25 bits per heavy atom. The molecule has 2 aromatic heterocycles. The molecule has 0 spiro atoms. The predicted molar refractivity (Wildman–Crippen MR) is 83.7 cm³/mol. The van der Waals surface area contributed by atoms with Crippen LogP contribution in [0.2, 0.25) is 0 Å². The molecule has 1 aromatic carbocycles. The second-order valence-corrected chi connectivity index (χ2v) is 5.62. The zero-order valence-corrected chi connectivity index (χ0v) is 13.2. The molecule has 0 saturated heterocycles. The maximum atomic E-state index is 12.2. The smallest absolute Gasteiger partial charge is 0.273 e. The molecule has 1 amide bonds. The molecule has 5 nitrogen and oxygen atoms in total. The number of hydrogen-bond acceptors (Lipinski definition) is 3. The number of H-pyrrole nitrogens is 1. The summed E-state index contributed by atoms with van der Waals surface area (Å²) in [7, 11) is 0. The van der Waals surface area contributed by atoms with Crippen LogP contribution in [-0.2, 0) is 0 Å². The summed E-state index contributed by atoms with van der Waals surface area (Å²) in [5.74, 6) is 0.107. The number of nitrogens with one attached hydrogen (secondary N) is 2. The molecule has 0 saturated carbocycles. The fourth-order valence-electron chi connectivity index (χ4n) is 1.80. The Morgan fingerprint density at radius 3 is 2.80 bits per heavy atom. The van der Waals surface area contributed by atoms with Gasteiger partial charge in [-0.1, -0.05) is 18.2 Å². The van der Waals surface area contributed by atoms with Crippen molar-refractivity contribution in [3.8, 4) is 0 Å². The summed E-state index contributed by atoms with van der Waals surface area (Å²) in [5.41, 5.74) is 1.39. The molecule has 0 radical (unpaired) electrons. The van der Waals surface area contributed by atoms with Crippen molar-refractivity contribution >= 4 is 54.5 Å². The lowest BCUT2D eigenvalue weighted by atomic mass is 10.2. The number of rotatable bonds is 2. The van der Waals surface area contributed by atoms with Crippen molar-refractivity contribution in [3.63, 3.8) is 0 Å². The molecule has 100 valence electrons. The van der Waals surface area contributed by atoms with E-state index in [0.29, 0.717) is 20.7 Å². The van der Waals surface area contributed by atoms with Gasteiger partial charge in [0.05, 0.1) is 6.20 Å². The number of amides is 1. The van der Waals surface area contributed by atoms with Crippen molar-refractivity contribution in [2.24, 2.45) is 0 Å². The molecule has 0 bridgehead atoms. The number of benzene rings is 1. The highest BCUT2D eigenvalue weighted by molar-refractivity contribution is 9.11. The first-order chi connectivity index (χ1) is 9.63. The summed E-state index contributed by atoms with van der Waals surface area (Å²) in [6.45, 7) is 0. The Morgan fingerprint density at radius 2 is 2.05 bits per heavy atom. The second kappa shape index (κ2) is 5.34. The Balaban J connectivity index is 1.89. The van der Waals surface area contributed by atoms with Gasteiger partial charge < -0.3 is 10.3 Å². The highest BCUT2D eigenvalue weighted by Crippen LogP contribution is 2.21. The van der Waals surface area contributed by atoms with Gasteiger partial charge in [0, 0.05) is 10.9 Å². The minimum Gasteiger partial charge on any atom is -0.351 e. The average Bonchev–Trinajstić information content (AvgIpc) is 2.86. The molecule has 0 aliphatic heterocycles. The normalized spacial score (nSPS) is 10.7. The average molecular weight is 396 g/mol. The van der Waals surface area contributed by atoms with Crippen molar-refractivity contribution in [2.45, 2.75) is 0 Å². The molecule has 2 N–H and O–H groups in total. The number of nitrogens with zero attached hydrogens (tertiary/aromatic N) is 2. The Bertz CT molecular complexity index is 767. The van der Waals surface area contributed by atoms with E-state index in [-0.39, 0.29) is 5.91 Å². The zero-order valence-electron chi connectivity index (χ0n) is 10.0. The molecular formula is C13H8Br2N4O. The zero-order chi connectivity index (χ0) is 14.1. The highest BCUT2D eigenvalue weighted by Gasteiger charge is 2.12. The van der Waals surface area contributed by atoms with Crippen molar-refractivity contribution in [1.29, 1.82) is 0 Å². The van der Waals surface area contributed by atoms with E-state index in [4.69, 9.17) is 0 Å². The van der Waals surface area contributed by atoms with Gasteiger partial charge in [0.1, 0.15) is 14.9 Å². The number of para-hydroxylation sites is 1. The fourth-order valence-corrected chi connectivity index (χ4v) is 2.71. The molecule has 20 heavy (non-hydrogen) atoms. The van der Waals surface area contributed by atoms with E-state index in [9.17, 15) is 4.79 Å². The number of hydrogen-bond donors (Lipinski definition) is 2. The molecule has 3 aromatic rings. The van der Waals surface area contributed by atoms with E-state index in [1.165, 1.54) is 6.20 Å². The van der Waals surface area contributed by atoms with Gasteiger partial charge in [-0.25, -0.2) is 9.97 Å². The number of halogens is 2. The van der Waals surface area contributed by atoms with Gasteiger partial charge in [0.15, 0.2) is 5.82 Å². The van der Waals surface area contributed by atoms with E-state index in [0.717, 1.165) is 10.9 Å². The SMILES string of the molecule is O=C(Nc1ncc(Br)nc1Br)c1cc2ccccc2[nH]1. The number of aromatic amines is 1. The standard InChI is InChI=1S/C13H8Br2N4O/c14-10-6-16-12(11(15)18-10)19-13(20)9-5-7-3-1-2-4-8(7)17-9/h1-6,17H,(H,16,19,20). The fraction of sp³-hybridized carbons (Fsp3) is 0. The summed E-state index contributed by atoms with van der Waals surface area (Å²) in [6.07, 6.45) is 1.52. The molecule has 0 aliphatic carbocycles. The summed E-state index contributed by atoms with van der Waals surface area (Å²) in [4.78, 5) is 23.4. The van der Waals surface area contributed by atoms with Crippen LogP contribution in [0.25, 0.3) is 10.9 Å². The van der Waals surface area contributed by atoms with Crippen LogP contribution in [0.5, 0.6) is 0 Å². The lowest BCUT2D eigenvalue weighted by Gasteiger charge is -2.04. The van der Waals surface area contributed by atoms with Crippen LogP contribution < -0.4 is 5.32 Å². The van der Waals surface area contributed by atoms with Crippen molar-refractivity contribution < 1.29 is 4.79 Å².